The molecular weight excluding hydrogens is 1370 g/mol. The summed E-state index contributed by atoms with van der Waals surface area (Å²) >= 11 is 0. The van der Waals surface area contributed by atoms with Gasteiger partial charge in [-0.3, -0.25) is 9.59 Å². The largest absolute Gasteiger partial charge is 0.447 e. The Labute approximate surface area is 667 Å². The fraction of sp³-hybridized carbons (Fsp3) is 0.889. The molecule has 2 heterocycles. The van der Waals surface area contributed by atoms with Crippen LogP contribution in [-0.4, -0.2) is 171 Å². The van der Waals surface area contributed by atoms with Gasteiger partial charge < -0.3 is 63.6 Å². The molecule has 0 aliphatic rings. The number of hydrogen-bond acceptors (Lipinski definition) is 13. The van der Waals surface area contributed by atoms with Gasteiger partial charge in [-0.05, 0) is 25.7 Å². The number of nitrogens with one attached hydrogen (secondary N) is 4. The van der Waals surface area contributed by atoms with Crippen molar-refractivity contribution >= 4 is 24.0 Å². The SMILES string of the molecule is CCCCCCCCCCCCCCCCN(CCCCCCCCCCCCCCCC)C(=O)C(Cc1cnc[nH]1)NC(=O)OCCOCCOCCOCCOCCOCCOC(=O)NC(Cc1cnc[nH]1)C(=O)N(CCCCCCCCCCCCCCCC)CCCCCCCCCCCCCCCC. The van der Waals surface area contributed by atoms with E-state index in [2.05, 4.69) is 58.3 Å². The van der Waals surface area contributed by atoms with Crippen LogP contribution in [0.5, 0.6) is 0 Å². The zero-order valence-corrected chi connectivity index (χ0v) is 71.1. The Balaban J connectivity index is 1.69. The lowest BCUT2D eigenvalue weighted by Crippen LogP contribution is -2.50. The van der Waals surface area contributed by atoms with Gasteiger partial charge in [0.25, 0.3) is 0 Å². The van der Waals surface area contributed by atoms with E-state index in [4.69, 9.17) is 33.2 Å². The molecular formula is C90H170N8O11. The third-order valence-electron chi connectivity index (χ3n) is 21.3. The highest BCUT2D eigenvalue weighted by atomic mass is 16.6. The summed E-state index contributed by atoms with van der Waals surface area (Å²) in [5.41, 5.74) is 1.55. The molecule has 19 heteroatoms. The van der Waals surface area contributed by atoms with Crippen LogP contribution in [0.4, 0.5) is 9.59 Å². The number of hydrogen-bond donors (Lipinski definition) is 4. The highest BCUT2D eigenvalue weighted by Crippen LogP contribution is 2.20. The summed E-state index contributed by atoms with van der Waals surface area (Å²) in [5, 5.41) is 5.81. The predicted octanol–water partition coefficient (Wildman–Crippen LogP) is 22.8. The van der Waals surface area contributed by atoms with Crippen LogP contribution in [0.3, 0.4) is 0 Å². The molecule has 0 saturated heterocycles. The first-order chi connectivity index (χ1) is 53.8. The molecule has 0 bridgehead atoms. The van der Waals surface area contributed by atoms with Gasteiger partial charge in [0.1, 0.15) is 25.3 Å². The van der Waals surface area contributed by atoms with Gasteiger partial charge in [-0.15, -0.1) is 0 Å². The molecule has 4 N–H and O–H groups in total. The van der Waals surface area contributed by atoms with Crippen LogP contribution in [0.15, 0.2) is 25.0 Å². The number of H-pyrrole nitrogens is 2. The Morgan fingerprint density at radius 1 is 0.284 bits per heavy atom. The molecule has 0 aliphatic heterocycles. The van der Waals surface area contributed by atoms with Crippen LogP contribution in [0.25, 0.3) is 0 Å². The molecule has 0 aliphatic carbocycles. The van der Waals surface area contributed by atoms with E-state index in [9.17, 15) is 19.2 Å². The number of rotatable bonds is 86. The van der Waals surface area contributed by atoms with Crippen LogP contribution < -0.4 is 10.6 Å². The third kappa shape index (κ3) is 65.8. The zero-order chi connectivity index (χ0) is 78.1. The second-order valence-corrected chi connectivity index (χ2v) is 31.3. The fourth-order valence-electron chi connectivity index (χ4n) is 14.5. The quantitative estimate of drug-likeness (QED) is 0.0453. The van der Waals surface area contributed by atoms with E-state index in [1.165, 1.54) is 308 Å². The second kappa shape index (κ2) is 80.3. The number of aromatic amines is 2. The van der Waals surface area contributed by atoms with Gasteiger partial charge in [-0.2, -0.15) is 0 Å². The Bertz CT molecular complexity index is 2000. The second-order valence-electron chi connectivity index (χ2n) is 31.3. The first-order valence-electron chi connectivity index (χ1n) is 46.1. The summed E-state index contributed by atoms with van der Waals surface area (Å²) in [6, 6.07) is -1.58. The number of amides is 4. The summed E-state index contributed by atoms with van der Waals surface area (Å²) in [4.78, 5) is 74.0. The van der Waals surface area contributed by atoms with Crippen molar-refractivity contribution in [2.24, 2.45) is 0 Å². The van der Waals surface area contributed by atoms with Gasteiger partial charge in [0.05, 0.1) is 78.7 Å². The Morgan fingerprint density at radius 3 is 0.651 bits per heavy atom. The van der Waals surface area contributed by atoms with Crippen molar-refractivity contribution in [3.63, 3.8) is 0 Å². The first kappa shape index (κ1) is 101. The van der Waals surface area contributed by atoms with E-state index in [0.29, 0.717) is 91.9 Å². The number of nitrogens with zero attached hydrogens (tertiary/aromatic N) is 4. The smallest absolute Gasteiger partial charge is 0.407 e. The maximum atomic E-state index is 14.4. The molecule has 2 atom stereocenters. The van der Waals surface area contributed by atoms with Gasteiger partial charge in [-0.25, -0.2) is 19.6 Å². The molecule has 2 unspecified atom stereocenters. The fourth-order valence-corrected chi connectivity index (χ4v) is 14.5. The molecule has 636 valence electrons. The predicted molar refractivity (Wildman–Crippen MR) is 450 cm³/mol. The third-order valence-corrected chi connectivity index (χ3v) is 21.3. The minimum atomic E-state index is -0.791. The van der Waals surface area contributed by atoms with Gasteiger partial charge >= 0.3 is 12.2 Å². The Morgan fingerprint density at radius 2 is 0.468 bits per heavy atom. The van der Waals surface area contributed by atoms with E-state index < -0.39 is 24.3 Å². The molecule has 0 aromatic carbocycles. The number of carbonyl (C=O) groups excluding carboxylic acids is 4. The minimum absolute atomic E-state index is 0.0352. The molecule has 2 rings (SSSR count). The topological polar surface area (TPSA) is 221 Å². The van der Waals surface area contributed by atoms with Crippen molar-refractivity contribution < 1.29 is 52.3 Å². The molecule has 0 fully saturated rings. The molecule has 4 amide bonds. The van der Waals surface area contributed by atoms with Crippen molar-refractivity contribution in [3.8, 4) is 0 Å². The van der Waals surface area contributed by atoms with Crippen molar-refractivity contribution in [1.29, 1.82) is 0 Å². The number of unbranched alkanes of at least 4 members (excludes halogenated alkanes) is 52. The van der Waals surface area contributed by atoms with E-state index >= 15 is 0 Å². The van der Waals surface area contributed by atoms with Crippen molar-refractivity contribution in [1.82, 2.24) is 40.4 Å². The summed E-state index contributed by atoms with van der Waals surface area (Å²) in [7, 11) is 0. The molecule has 0 radical (unpaired) electrons. The van der Waals surface area contributed by atoms with Crippen LogP contribution in [-0.2, 0) is 55.6 Å². The Kier molecular flexibility index (Phi) is 74.3. The van der Waals surface area contributed by atoms with Gasteiger partial charge in [0.2, 0.25) is 11.8 Å². The van der Waals surface area contributed by atoms with Crippen LogP contribution >= 0.6 is 0 Å². The first-order valence-corrected chi connectivity index (χ1v) is 46.1. The minimum Gasteiger partial charge on any atom is -0.447 e. The average molecular weight is 1540 g/mol. The van der Waals surface area contributed by atoms with Gasteiger partial charge in [-0.1, -0.05) is 362 Å². The molecule has 0 saturated carbocycles. The number of aromatic nitrogens is 4. The lowest BCUT2D eigenvalue weighted by atomic mass is 10.0. The summed E-state index contributed by atoms with van der Waals surface area (Å²) in [6.45, 7) is 15.2. The highest BCUT2D eigenvalue weighted by Gasteiger charge is 2.29. The highest BCUT2D eigenvalue weighted by molar-refractivity contribution is 5.86. The normalized spacial score (nSPS) is 12.1. The van der Waals surface area contributed by atoms with E-state index in [-0.39, 0.29) is 38.2 Å². The van der Waals surface area contributed by atoms with Crippen molar-refractivity contribution in [2.75, 3.05) is 105 Å². The molecule has 109 heavy (non-hydrogen) atoms. The monoisotopic (exact) mass is 1540 g/mol. The van der Waals surface area contributed by atoms with Crippen molar-refractivity contribution in [2.45, 2.75) is 412 Å². The van der Waals surface area contributed by atoms with Gasteiger partial charge in [0.15, 0.2) is 0 Å². The summed E-state index contributed by atoms with van der Waals surface area (Å²) in [5.74, 6) is -0.153. The molecule has 19 nitrogen and oxygen atoms in total. The van der Waals surface area contributed by atoms with Crippen LogP contribution in [0.2, 0.25) is 0 Å². The number of ether oxygens (including phenoxy) is 7. The molecule has 0 spiro atoms. The summed E-state index contributed by atoms with van der Waals surface area (Å²) < 4.78 is 39.5. The van der Waals surface area contributed by atoms with E-state index in [0.717, 1.165) is 62.8 Å². The number of imidazole rings is 2. The molecule has 2 aromatic rings. The lowest BCUT2D eigenvalue weighted by Gasteiger charge is -2.28. The standard InChI is InChI=1S/C90H170N8O11/c1-5-9-13-17-21-25-29-33-37-41-45-49-53-57-61-97(62-58-54-50-46-42-38-34-30-26-22-18-14-10-6-2)87(99)85(77-83-79-91-81-93-83)95-89(101)108-75-73-106-71-69-104-67-65-103-66-68-105-70-72-107-74-76-109-90(102)96-86(78-84-80-92-82-94-84)88(100)98(63-59-55-51-47-43-39-35-31-27-23-19-15-11-7-3)64-60-56-52-48-44-40-36-32-28-24-20-16-12-8-4/h79-82,85-86H,5-78H2,1-4H3,(H,91,93)(H,92,94)(H,95,101)(H,96,102). The number of carbonyl (C=O) groups is 4. The lowest BCUT2D eigenvalue weighted by molar-refractivity contribution is -0.134. The van der Waals surface area contributed by atoms with Crippen molar-refractivity contribution in [3.05, 3.63) is 36.4 Å². The van der Waals surface area contributed by atoms with Crippen LogP contribution in [0, 0.1) is 0 Å². The molecule has 2 aromatic heterocycles. The van der Waals surface area contributed by atoms with Crippen LogP contribution in [0.1, 0.15) is 399 Å². The number of alkyl carbamates (subject to hydrolysis) is 2. The Hall–Kier alpha value is -4.30. The van der Waals surface area contributed by atoms with E-state index in [1.54, 1.807) is 25.0 Å². The summed E-state index contributed by atoms with van der Waals surface area (Å²) in [6.07, 6.45) is 77.8. The maximum Gasteiger partial charge on any atom is 0.407 e. The average Bonchev–Trinajstić information content (AvgIpc) is 1.84. The van der Waals surface area contributed by atoms with E-state index in [1.807, 2.05) is 9.80 Å². The van der Waals surface area contributed by atoms with Gasteiger partial charge in [0, 0.05) is 62.8 Å². The maximum absolute atomic E-state index is 14.4. The zero-order valence-electron chi connectivity index (χ0n) is 71.1.